The first-order valence-corrected chi connectivity index (χ1v) is 5.60. The summed E-state index contributed by atoms with van der Waals surface area (Å²) in [5, 5.41) is 0.945. The van der Waals surface area contributed by atoms with E-state index in [1.54, 1.807) is 6.26 Å². The lowest BCUT2D eigenvalue weighted by atomic mass is 10.2. The number of H-pyrrole nitrogens is 1. The van der Waals surface area contributed by atoms with Crippen molar-refractivity contribution in [3.05, 3.63) is 34.9 Å². The number of nitrogens with zero attached hydrogens (tertiary/aromatic N) is 2. The maximum Gasteiger partial charge on any atom is 0.153 e. The molecule has 0 aliphatic rings. The molecule has 16 heavy (non-hydrogen) atoms. The Kier molecular flexibility index (Phi) is 2.07. The number of furan rings is 1. The van der Waals surface area contributed by atoms with Gasteiger partial charge >= 0.3 is 0 Å². The van der Waals surface area contributed by atoms with Crippen molar-refractivity contribution in [3.63, 3.8) is 0 Å². The summed E-state index contributed by atoms with van der Waals surface area (Å²) in [5.41, 5.74) is 1.62. The van der Waals surface area contributed by atoms with Crippen molar-refractivity contribution in [2.45, 2.75) is 6.92 Å². The number of halogens is 1. The third-order valence-electron chi connectivity index (χ3n) is 2.35. The molecule has 0 amide bonds. The van der Waals surface area contributed by atoms with E-state index < -0.39 is 0 Å². The van der Waals surface area contributed by atoms with Crippen LogP contribution in [0.2, 0.25) is 0 Å². The summed E-state index contributed by atoms with van der Waals surface area (Å²) in [6.07, 6.45) is 3.49. The Balaban J connectivity index is 2.42. The quantitative estimate of drug-likeness (QED) is 0.743. The number of hydrogen-bond acceptors (Lipinski definition) is 3. The number of fused-ring (bicyclic) bond motifs is 1. The number of aryl methyl sites for hydroxylation is 1. The average molecular weight is 278 g/mol. The summed E-state index contributed by atoms with van der Waals surface area (Å²) in [6, 6.07) is 3.74. The van der Waals surface area contributed by atoms with Crippen molar-refractivity contribution >= 4 is 27.0 Å². The van der Waals surface area contributed by atoms with Gasteiger partial charge in [-0.25, -0.2) is 9.97 Å². The second-order valence-corrected chi connectivity index (χ2v) is 4.31. The van der Waals surface area contributed by atoms with Crippen molar-refractivity contribution < 1.29 is 4.42 Å². The highest BCUT2D eigenvalue weighted by atomic mass is 79.9. The normalized spacial score (nSPS) is 11.1. The first-order chi connectivity index (χ1) is 7.75. The van der Waals surface area contributed by atoms with Crippen molar-refractivity contribution in [1.82, 2.24) is 15.0 Å². The number of nitrogens with one attached hydrogen (secondary N) is 1. The molecule has 0 spiro atoms. The lowest BCUT2D eigenvalue weighted by Crippen LogP contribution is -1.92. The maximum atomic E-state index is 5.38. The van der Waals surface area contributed by atoms with Crippen LogP contribution in [-0.2, 0) is 0 Å². The second kappa shape index (κ2) is 3.45. The molecule has 0 fully saturated rings. The SMILES string of the molecule is Cc1nc(-c2ccco2)c2c(Br)c[nH]c2n1. The van der Waals surface area contributed by atoms with Crippen molar-refractivity contribution in [3.8, 4) is 11.5 Å². The first kappa shape index (κ1) is 9.59. The predicted octanol–water partition coefficient (Wildman–Crippen LogP) is 3.29. The smallest absolute Gasteiger partial charge is 0.153 e. The summed E-state index contributed by atoms with van der Waals surface area (Å²) >= 11 is 3.47. The molecular formula is C11H8BrN3O. The lowest BCUT2D eigenvalue weighted by Gasteiger charge is -2.01. The summed E-state index contributed by atoms with van der Waals surface area (Å²) in [6.45, 7) is 1.86. The molecule has 0 aromatic carbocycles. The lowest BCUT2D eigenvalue weighted by molar-refractivity contribution is 0.580. The van der Waals surface area contributed by atoms with Crippen LogP contribution in [0.5, 0.6) is 0 Å². The Bertz CT molecular complexity index is 643. The summed E-state index contributed by atoms with van der Waals surface area (Å²) in [4.78, 5) is 11.8. The number of aromatic nitrogens is 3. The first-order valence-electron chi connectivity index (χ1n) is 4.81. The van der Waals surface area contributed by atoms with Crippen LogP contribution < -0.4 is 0 Å². The maximum absolute atomic E-state index is 5.38. The van der Waals surface area contributed by atoms with E-state index in [9.17, 15) is 0 Å². The fraction of sp³-hybridized carbons (Fsp3) is 0.0909. The van der Waals surface area contributed by atoms with E-state index in [0.717, 1.165) is 27.0 Å². The molecule has 3 heterocycles. The van der Waals surface area contributed by atoms with Crippen LogP contribution in [0.3, 0.4) is 0 Å². The molecule has 0 radical (unpaired) electrons. The van der Waals surface area contributed by atoms with Crippen LogP contribution in [0.15, 0.2) is 33.5 Å². The van der Waals surface area contributed by atoms with Gasteiger partial charge in [-0.15, -0.1) is 0 Å². The topological polar surface area (TPSA) is 54.7 Å². The van der Waals surface area contributed by atoms with E-state index in [2.05, 4.69) is 30.9 Å². The zero-order chi connectivity index (χ0) is 11.1. The third kappa shape index (κ3) is 1.36. The molecule has 0 unspecified atom stereocenters. The van der Waals surface area contributed by atoms with Crippen LogP contribution in [0.25, 0.3) is 22.5 Å². The highest BCUT2D eigenvalue weighted by Crippen LogP contribution is 2.31. The van der Waals surface area contributed by atoms with Gasteiger partial charge in [-0.2, -0.15) is 0 Å². The second-order valence-electron chi connectivity index (χ2n) is 3.46. The van der Waals surface area contributed by atoms with Gasteiger partial charge < -0.3 is 9.40 Å². The number of hydrogen-bond donors (Lipinski definition) is 1. The third-order valence-corrected chi connectivity index (χ3v) is 2.98. The highest BCUT2D eigenvalue weighted by molar-refractivity contribution is 9.10. The van der Waals surface area contributed by atoms with Gasteiger partial charge in [0.1, 0.15) is 17.2 Å². The molecule has 3 aromatic rings. The number of aromatic amines is 1. The molecule has 0 bridgehead atoms. The summed E-state index contributed by atoms with van der Waals surface area (Å²) in [7, 11) is 0. The monoisotopic (exact) mass is 277 g/mol. The fourth-order valence-corrected chi connectivity index (χ4v) is 2.19. The fourth-order valence-electron chi connectivity index (χ4n) is 1.70. The van der Waals surface area contributed by atoms with Crippen molar-refractivity contribution in [2.24, 2.45) is 0 Å². The van der Waals surface area contributed by atoms with Crippen molar-refractivity contribution in [2.75, 3.05) is 0 Å². The largest absolute Gasteiger partial charge is 0.463 e. The van der Waals surface area contributed by atoms with E-state index in [4.69, 9.17) is 4.42 Å². The molecule has 80 valence electrons. The van der Waals surface area contributed by atoms with E-state index in [1.807, 2.05) is 25.3 Å². The highest BCUT2D eigenvalue weighted by Gasteiger charge is 2.14. The Hall–Kier alpha value is -1.62. The molecular weight excluding hydrogens is 270 g/mol. The zero-order valence-electron chi connectivity index (χ0n) is 8.49. The molecule has 0 aliphatic heterocycles. The van der Waals surface area contributed by atoms with Gasteiger partial charge in [-0.1, -0.05) is 0 Å². The van der Waals surface area contributed by atoms with Crippen LogP contribution >= 0.6 is 15.9 Å². The Morgan fingerprint density at radius 2 is 2.25 bits per heavy atom. The van der Waals surface area contributed by atoms with Crippen molar-refractivity contribution in [1.29, 1.82) is 0 Å². The molecule has 1 N–H and O–H groups in total. The molecule has 3 aromatic heterocycles. The van der Waals surface area contributed by atoms with E-state index in [0.29, 0.717) is 5.82 Å². The minimum Gasteiger partial charge on any atom is -0.463 e. The average Bonchev–Trinajstić information content (AvgIpc) is 2.87. The standard InChI is InChI=1S/C11H8BrN3O/c1-6-14-10(8-3-2-4-16-8)9-7(12)5-13-11(9)15-6/h2-5H,1H3,(H,13,14,15). The predicted molar refractivity (Wildman–Crippen MR) is 64.0 cm³/mol. The van der Waals surface area contributed by atoms with Gasteiger partial charge in [0.15, 0.2) is 5.76 Å². The minimum absolute atomic E-state index is 0.716. The molecule has 4 nitrogen and oxygen atoms in total. The molecule has 5 heteroatoms. The van der Waals surface area contributed by atoms with Crippen LogP contribution in [-0.4, -0.2) is 15.0 Å². The molecule has 3 rings (SSSR count). The molecule has 0 atom stereocenters. The summed E-state index contributed by atoms with van der Waals surface area (Å²) < 4.78 is 6.32. The van der Waals surface area contributed by atoms with Gasteiger partial charge in [0.25, 0.3) is 0 Å². The van der Waals surface area contributed by atoms with Crippen LogP contribution in [0.1, 0.15) is 5.82 Å². The van der Waals surface area contributed by atoms with E-state index in [1.165, 1.54) is 0 Å². The van der Waals surface area contributed by atoms with E-state index in [-0.39, 0.29) is 0 Å². The zero-order valence-corrected chi connectivity index (χ0v) is 10.1. The van der Waals surface area contributed by atoms with Crippen LogP contribution in [0.4, 0.5) is 0 Å². The Morgan fingerprint density at radius 3 is 3.00 bits per heavy atom. The van der Waals surface area contributed by atoms with Gasteiger partial charge in [0.2, 0.25) is 0 Å². The molecule has 0 saturated carbocycles. The minimum atomic E-state index is 0.716. The number of rotatable bonds is 1. The van der Waals surface area contributed by atoms with Gasteiger partial charge in [0, 0.05) is 10.7 Å². The van der Waals surface area contributed by atoms with Crippen LogP contribution in [0, 0.1) is 6.92 Å². The van der Waals surface area contributed by atoms with Gasteiger partial charge in [0.05, 0.1) is 11.6 Å². The van der Waals surface area contributed by atoms with Gasteiger partial charge in [-0.05, 0) is 35.0 Å². The summed E-state index contributed by atoms with van der Waals surface area (Å²) in [5.74, 6) is 1.46. The van der Waals surface area contributed by atoms with Gasteiger partial charge in [-0.3, -0.25) is 0 Å². The Labute approximate surface area is 99.8 Å². The Morgan fingerprint density at radius 1 is 1.38 bits per heavy atom. The molecule has 0 saturated heterocycles. The molecule has 0 aliphatic carbocycles. The van der Waals surface area contributed by atoms with E-state index >= 15 is 0 Å².